The fourth-order valence-corrected chi connectivity index (χ4v) is 7.60. The maximum absolute atomic E-state index is 14.5. The van der Waals surface area contributed by atoms with Gasteiger partial charge in [0.15, 0.2) is 0 Å². The minimum atomic E-state index is -1.08. The number of aliphatic hydroxyl groups excluding tert-OH is 1. The minimum Gasteiger partial charge on any atom is -0.394 e. The first-order valence-corrected chi connectivity index (χ1v) is 14.1. The molecule has 0 aromatic rings. The number of likely N-dealkylation sites (tertiary alicyclic amines) is 1. The molecule has 0 radical (unpaired) electrons. The Morgan fingerprint density at radius 1 is 1.16 bits per heavy atom. The van der Waals surface area contributed by atoms with Crippen LogP contribution in [0, 0.1) is 11.8 Å². The highest BCUT2D eigenvalue weighted by Gasteiger charge is 2.78. The van der Waals surface area contributed by atoms with Crippen molar-refractivity contribution in [2.24, 2.45) is 11.8 Å². The van der Waals surface area contributed by atoms with Crippen LogP contribution >= 0.6 is 0 Å². The molecule has 4 aliphatic rings. The van der Waals surface area contributed by atoms with Crippen molar-refractivity contribution in [2.75, 3.05) is 26.2 Å². The third-order valence-corrected chi connectivity index (χ3v) is 9.23. The molecule has 3 aliphatic heterocycles. The van der Waals surface area contributed by atoms with E-state index in [1.54, 1.807) is 28.9 Å². The number of carbonyl (C=O) groups excluding carboxylic acids is 3. The number of carbonyl (C=O) groups is 3. The molecule has 1 N–H and O–H groups in total. The lowest BCUT2D eigenvalue weighted by molar-refractivity contribution is -0.157. The van der Waals surface area contributed by atoms with Crippen molar-refractivity contribution in [3.63, 3.8) is 0 Å². The summed E-state index contributed by atoms with van der Waals surface area (Å²) < 4.78 is 6.77. The molecule has 8 nitrogen and oxygen atoms in total. The van der Waals surface area contributed by atoms with Crippen LogP contribution in [0.5, 0.6) is 0 Å². The van der Waals surface area contributed by atoms with Crippen LogP contribution in [0.4, 0.5) is 0 Å². The predicted octanol–water partition coefficient (Wildman–Crippen LogP) is 2.90. The first kappa shape index (κ1) is 27.8. The molecular formula is C29H45N3O5. The van der Waals surface area contributed by atoms with Gasteiger partial charge in [0, 0.05) is 25.7 Å². The monoisotopic (exact) mass is 515 g/mol. The topological polar surface area (TPSA) is 90.4 Å². The highest BCUT2D eigenvalue weighted by atomic mass is 16.5. The van der Waals surface area contributed by atoms with Gasteiger partial charge < -0.3 is 24.5 Å². The average Bonchev–Trinajstić information content (AvgIpc) is 3.47. The molecule has 2 unspecified atom stereocenters. The number of amides is 3. The van der Waals surface area contributed by atoms with Gasteiger partial charge in [-0.05, 0) is 46.0 Å². The molecule has 3 amide bonds. The van der Waals surface area contributed by atoms with Gasteiger partial charge in [-0.2, -0.15) is 0 Å². The molecule has 3 saturated heterocycles. The van der Waals surface area contributed by atoms with E-state index in [4.69, 9.17) is 4.74 Å². The molecule has 206 valence electrons. The molecule has 3 heterocycles. The van der Waals surface area contributed by atoms with Crippen LogP contribution in [0.2, 0.25) is 0 Å². The van der Waals surface area contributed by atoms with Crippen molar-refractivity contribution in [1.82, 2.24) is 14.7 Å². The van der Waals surface area contributed by atoms with Gasteiger partial charge in [-0.1, -0.05) is 38.3 Å². The quantitative estimate of drug-likeness (QED) is 0.428. The van der Waals surface area contributed by atoms with Gasteiger partial charge in [0.05, 0.1) is 30.1 Å². The van der Waals surface area contributed by atoms with Crippen molar-refractivity contribution in [1.29, 1.82) is 0 Å². The summed E-state index contributed by atoms with van der Waals surface area (Å²) in [6, 6.07) is -1.34. The van der Waals surface area contributed by atoms with Crippen LogP contribution in [0.1, 0.15) is 72.1 Å². The lowest BCUT2D eigenvalue weighted by Crippen LogP contribution is -2.60. The fraction of sp³-hybridized carbons (Fsp3) is 0.759. The average molecular weight is 516 g/mol. The molecule has 4 rings (SSSR count). The second kappa shape index (κ2) is 10.9. The first-order valence-electron chi connectivity index (χ1n) is 14.1. The molecule has 2 bridgehead atoms. The van der Waals surface area contributed by atoms with Crippen LogP contribution in [0.25, 0.3) is 0 Å². The van der Waals surface area contributed by atoms with Crippen molar-refractivity contribution < 1.29 is 24.2 Å². The largest absolute Gasteiger partial charge is 0.394 e. The summed E-state index contributed by atoms with van der Waals surface area (Å²) in [7, 11) is 0. The summed E-state index contributed by atoms with van der Waals surface area (Å²) in [4.78, 5) is 47.8. The van der Waals surface area contributed by atoms with E-state index in [0.29, 0.717) is 32.5 Å². The van der Waals surface area contributed by atoms with Crippen molar-refractivity contribution >= 4 is 17.7 Å². The molecule has 37 heavy (non-hydrogen) atoms. The minimum absolute atomic E-state index is 0.0929. The maximum atomic E-state index is 14.5. The number of nitrogens with zero attached hydrogens (tertiary/aromatic N) is 3. The van der Waals surface area contributed by atoms with Crippen LogP contribution in [-0.2, 0) is 19.1 Å². The summed E-state index contributed by atoms with van der Waals surface area (Å²) in [6.45, 7) is 14.5. The Morgan fingerprint density at radius 3 is 2.43 bits per heavy atom. The molecule has 4 fully saturated rings. The van der Waals surface area contributed by atoms with E-state index in [9.17, 15) is 19.5 Å². The van der Waals surface area contributed by atoms with E-state index in [1.807, 2.05) is 18.7 Å². The third-order valence-electron chi connectivity index (χ3n) is 9.23. The van der Waals surface area contributed by atoms with Gasteiger partial charge >= 0.3 is 0 Å². The highest BCUT2D eigenvalue weighted by Crippen LogP contribution is 2.64. The number of aliphatic hydroxyl groups is 1. The summed E-state index contributed by atoms with van der Waals surface area (Å²) >= 11 is 0. The van der Waals surface area contributed by atoms with Gasteiger partial charge in [0.2, 0.25) is 17.7 Å². The molecule has 6 atom stereocenters. The number of hydrogen-bond acceptors (Lipinski definition) is 5. The second-order valence-electron chi connectivity index (χ2n) is 11.6. The van der Waals surface area contributed by atoms with Crippen LogP contribution in [0.15, 0.2) is 25.3 Å². The first-order chi connectivity index (χ1) is 17.7. The SMILES string of the molecule is C=CCN(CCC)C(=O)[C@H]1[C@H]2C(=O)N([C@H](C)CO)C(C(=O)N(CC=C)C3CCCCC3)C23CC[C@]1(C)O3. The molecule has 1 spiro atoms. The summed E-state index contributed by atoms with van der Waals surface area (Å²) in [6.07, 6.45) is 10.6. The Hall–Kier alpha value is -2.19. The fourth-order valence-electron chi connectivity index (χ4n) is 7.60. The Labute approximate surface area is 221 Å². The standard InChI is InChI=1S/C29H45N3O5/c1-6-16-30(17-7-2)25(34)22-23-26(35)32(20(4)19-33)24(29(23)15-14-28(22,5)37-29)27(36)31(18-8-3)21-12-10-9-11-13-21/h6,8,20-24,33H,1,3,7,9-19H2,2,4-5H3/t20-,22-,23+,24?,28+,29?/m1/s1. The summed E-state index contributed by atoms with van der Waals surface area (Å²) in [5.74, 6) is -1.92. The number of ether oxygens (including phenoxy) is 1. The van der Waals surface area contributed by atoms with E-state index in [1.165, 1.54) is 6.42 Å². The predicted molar refractivity (Wildman–Crippen MR) is 141 cm³/mol. The van der Waals surface area contributed by atoms with Gasteiger partial charge in [0.25, 0.3) is 0 Å². The van der Waals surface area contributed by atoms with Crippen molar-refractivity contribution in [3.8, 4) is 0 Å². The molecule has 1 saturated carbocycles. The molecule has 0 aromatic heterocycles. The lowest BCUT2D eigenvalue weighted by atomic mass is 9.66. The molecule has 1 aliphatic carbocycles. The Balaban J connectivity index is 1.77. The normalized spacial score (nSPS) is 33.8. The maximum Gasteiger partial charge on any atom is 0.248 e. The third kappa shape index (κ3) is 4.44. The zero-order valence-electron chi connectivity index (χ0n) is 22.9. The van der Waals surface area contributed by atoms with Gasteiger partial charge in [-0.15, -0.1) is 13.2 Å². The Bertz CT molecular complexity index is 917. The van der Waals surface area contributed by atoms with Gasteiger partial charge in [0.1, 0.15) is 11.6 Å². The van der Waals surface area contributed by atoms with Crippen molar-refractivity contribution in [2.45, 2.75) is 101 Å². The van der Waals surface area contributed by atoms with Gasteiger partial charge in [-0.25, -0.2) is 0 Å². The number of fused-ring (bicyclic) bond motifs is 1. The highest BCUT2D eigenvalue weighted by molar-refractivity contribution is 5.99. The van der Waals surface area contributed by atoms with E-state index < -0.39 is 35.1 Å². The van der Waals surface area contributed by atoms with E-state index >= 15 is 0 Å². The lowest BCUT2D eigenvalue weighted by Gasteiger charge is -2.42. The zero-order chi connectivity index (χ0) is 27.0. The number of hydrogen-bond donors (Lipinski definition) is 1. The van der Waals surface area contributed by atoms with Crippen LogP contribution in [0.3, 0.4) is 0 Å². The van der Waals surface area contributed by atoms with Gasteiger partial charge in [-0.3, -0.25) is 14.4 Å². The van der Waals surface area contributed by atoms with E-state index in [0.717, 1.165) is 32.1 Å². The molecule has 0 aromatic carbocycles. The smallest absolute Gasteiger partial charge is 0.248 e. The van der Waals surface area contributed by atoms with Crippen LogP contribution in [-0.4, -0.2) is 93.1 Å². The summed E-state index contributed by atoms with van der Waals surface area (Å²) in [5, 5.41) is 10.1. The van der Waals surface area contributed by atoms with E-state index in [2.05, 4.69) is 13.2 Å². The number of rotatable bonds is 11. The van der Waals surface area contributed by atoms with Crippen LogP contribution < -0.4 is 0 Å². The van der Waals surface area contributed by atoms with Crippen molar-refractivity contribution in [3.05, 3.63) is 25.3 Å². The van der Waals surface area contributed by atoms with E-state index in [-0.39, 0.29) is 30.4 Å². The zero-order valence-corrected chi connectivity index (χ0v) is 22.9. The second-order valence-corrected chi connectivity index (χ2v) is 11.6. The molecular weight excluding hydrogens is 470 g/mol. The Kier molecular flexibility index (Phi) is 8.19. The Morgan fingerprint density at radius 2 is 1.84 bits per heavy atom. The summed E-state index contributed by atoms with van der Waals surface area (Å²) in [5.41, 5.74) is -1.89. The molecule has 8 heteroatoms.